The minimum absolute atomic E-state index is 0.0939. The molecule has 0 aromatic carbocycles. The van der Waals surface area contributed by atoms with Gasteiger partial charge in [-0.15, -0.1) is 0 Å². The van der Waals surface area contributed by atoms with E-state index < -0.39 is 0 Å². The lowest BCUT2D eigenvalue weighted by Crippen LogP contribution is -2.43. The van der Waals surface area contributed by atoms with Crippen molar-refractivity contribution in [2.24, 2.45) is 17.1 Å². The molecule has 0 radical (unpaired) electrons. The number of hydrogen-bond acceptors (Lipinski definition) is 2. The first-order valence-electron chi connectivity index (χ1n) is 6.45. The van der Waals surface area contributed by atoms with Gasteiger partial charge in [0.25, 0.3) is 0 Å². The van der Waals surface area contributed by atoms with Crippen LogP contribution in [0.1, 0.15) is 52.9 Å². The van der Waals surface area contributed by atoms with Crippen molar-refractivity contribution in [3.63, 3.8) is 0 Å². The molecule has 1 aliphatic rings. The maximum Gasteiger partial charge on any atom is 0.223 e. The topological polar surface area (TPSA) is 55.1 Å². The van der Waals surface area contributed by atoms with E-state index in [9.17, 15) is 4.79 Å². The van der Waals surface area contributed by atoms with Crippen LogP contribution in [0.15, 0.2) is 0 Å². The second-order valence-corrected chi connectivity index (χ2v) is 6.24. The van der Waals surface area contributed by atoms with Gasteiger partial charge in [-0.3, -0.25) is 4.79 Å². The Morgan fingerprint density at radius 3 is 2.65 bits per heavy atom. The number of thiocarbonyl (C=S) groups is 1. The minimum atomic E-state index is 0.0939. The Kier molecular flexibility index (Phi) is 4.92. The summed E-state index contributed by atoms with van der Waals surface area (Å²) in [6.07, 6.45) is 4.76. The van der Waals surface area contributed by atoms with Gasteiger partial charge in [0.15, 0.2) is 0 Å². The highest BCUT2D eigenvalue weighted by Crippen LogP contribution is 2.42. The molecule has 3 N–H and O–H groups in total. The Bertz CT molecular complexity index is 302. The SMILES string of the molecule is CCC(CC(N)=S)NC(=O)C1CCCC1(C)C. The van der Waals surface area contributed by atoms with Gasteiger partial charge in [0.1, 0.15) is 0 Å². The molecule has 1 amide bonds. The standard InChI is InChI=1S/C13H24N2OS/c1-4-9(8-11(14)17)15-12(16)10-6-5-7-13(10,2)3/h9-10H,4-8H2,1-3H3,(H2,14,17)(H,15,16). The number of carbonyl (C=O) groups is 1. The second-order valence-electron chi connectivity index (χ2n) is 5.72. The zero-order chi connectivity index (χ0) is 13.1. The molecule has 2 atom stereocenters. The quantitative estimate of drug-likeness (QED) is 0.743. The van der Waals surface area contributed by atoms with E-state index in [1.54, 1.807) is 0 Å². The summed E-state index contributed by atoms with van der Waals surface area (Å²) in [4.78, 5) is 12.7. The van der Waals surface area contributed by atoms with Crippen molar-refractivity contribution >= 4 is 23.1 Å². The average Bonchev–Trinajstić information content (AvgIpc) is 2.56. The van der Waals surface area contributed by atoms with E-state index >= 15 is 0 Å². The lowest BCUT2D eigenvalue weighted by Gasteiger charge is -2.28. The number of nitrogens with two attached hydrogens (primary N) is 1. The largest absolute Gasteiger partial charge is 0.393 e. The molecule has 0 saturated heterocycles. The molecule has 4 heteroatoms. The van der Waals surface area contributed by atoms with Gasteiger partial charge in [0.05, 0.1) is 4.99 Å². The fourth-order valence-corrected chi connectivity index (χ4v) is 2.86. The molecule has 0 heterocycles. The molecule has 2 unspecified atom stereocenters. The molecule has 1 saturated carbocycles. The summed E-state index contributed by atoms with van der Waals surface area (Å²) in [5, 5.41) is 3.09. The zero-order valence-corrected chi connectivity index (χ0v) is 11.9. The number of hydrogen-bond donors (Lipinski definition) is 2. The van der Waals surface area contributed by atoms with Crippen molar-refractivity contribution in [1.29, 1.82) is 0 Å². The Morgan fingerprint density at radius 1 is 1.59 bits per heavy atom. The summed E-state index contributed by atoms with van der Waals surface area (Å²) in [6.45, 7) is 6.40. The van der Waals surface area contributed by atoms with E-state index in [2.05, 4.69) is 19.2 Å². The lowest BCUT2D eigenvalue weighted by atomic mass is 9.81. The number of nitrogens with one attached hydrogen (secondary N) is 1. The van der Waals surface area contributed by atoms with Crippen molar-refractivity contribution in [2.75, 3.05) is 0 Å². The van der Waals surface area contributed by atoms with Gasteiger partial charge < -0.3 is 11.1 Å². The van der Waals surface area contributed by atoms with Crippen LogP contribution in [0.2, 0.25) is 0 Å². The van der Waals surface area contributed by atoms with Gasteiger partial charge >= 0.3 is 0 Å². The number of amides is 1. The molecule has 0 bridgehead atoms. The summed E-state index contributed by atoms with van der Waals surface area (Å²) in [5.74, 6) is 0.318. The van der Waals surface area contributed by atoms with Gasteiger partial charge in [-0.05, 0) is 24.7 Å². The predicted octanol–water partition coefficient (Wildman–Crippen LogP) is 2.38. The van der Waals surface area contributed by atoms with Gasteiger partial charge in [0.2, 0.25) is 5.91 Å². The van der Waals surface area contributed by atoms with Crippen LogP contribution in [-0.2, 0) is 4.79 Å². The van der Waals surface area contributed by atoms with Crippen LogP contribution in [0.4, 0.5) is 0 Å². The molecular weight excluding hydrogens is 232 g/mol. The number of rotatable bonds is 5. The molecule has 0 aliphatic heterocycles. The third-order valence-corrected chi connectivity index (χ3v) is 4.03. The van der Waals surface area contributed by atoms with Crippen LogP contribution in [0.25, 0.3) is 0 Å². The third-order valence-electron chi connectivity index (χ3n) is 3.86. The molecule has 0 aromatic heterocycles. The highest BCUT2D eigenvalue weighted by Gasteiger charge is 2.39. The summed E-state index contributed by atoms with van der Waals surface area (Å²) < 4.78 is 0. The minimum Gasteiger partial charge on any atom is -0.393 e. The Hall–Kier alpha value is -0.640. The van der Waals surface area contributed by atoms with Gasteiger partial charge in [0, 0.05) is 18.4 Å². The molecule has 1 rings (SSSR count). The molecule has 98 valence electrons. The normalized spacial score (nSPS) is 24.3. The van der Waals surface area contributed by atoms with Crippen molar-refractivity contribution in [1.82, 2.24) is 5.32 Å². The maximum atomic E-state index is 12.2. The first kappa shape index (κ1) is 14.4. The van der Waals surface area contributed by atoms with Crippen molar-refractivity contribution in [3.05, 3.63) is 0 Å². The zero-order valence-electron chi connectivity index (χ0n) is 11.1. The van der Waals surface area contributed by atoms with E-state index in [4.69, 9.17) is 18.0 Å². The smallest absolute Gasteiger partial charge is 0.223 e. The highest BCUT2D eigenvalue weighted by atomic mass is 32.1. The maximum absolute atomic E-state index is 12.2. The second kappa shape index (κ2) is 5.80. The van der Waals surface area contributed by atoms with E-state index in [0.29, 0.717) is 11.4 Å². The highest BCUT2D eigenvalue weighted by molar-refractivity contribution is 7.80. The monoisotopic (exact) mass is 256 g/mol. The Morgan fingerprint density at radius 2 is 2.24 bits per heavy atom. The van der Waals surface area contributed by atoms with Crippen LogP contribution in [0.5, 0.6) is 0 Å². The first-order valence-corrected chi connectivity index (χ1v) is 6.86. The van der Waals surface area contributed by atoms with E-state index in [0.717, 1.165) is 25.7 Å². The Balaban J connectivity index is 2.55. The van der Waals surface area contributed by atoms with Gasteiger partial charge in [-0.25, -0.2) is 0 Å². The molecule has 1 aliphatic carbocycles. The summed E-state index contributed by atoms with van der Waals surface area (Å²) in [5.41, 5.74) is 5.66. The van der Waals surface area contributed by atoms with Crippen molar-refractivity contribution in [3.8, 4) is 0 Å². The molecule has 17 heavy (non-hydrogen) atoms. The van der Waals surface area contributed by atoms with E-state index in [1.807, 2.05) is 6.92 Å². The van der Waals surface area contributed by atoms with E-state index in [-0.39, 0.29) is 23.3 Å². The molecular formula is C13H24N2OS. The van der Waals surface area contributed by atoms with Crippen molar-refractivity contribution < 1.29 is 4.79 Å². The van der Waals surface area contributed by atoms with Gasteiger partial charge in [-0.2, -0.15) is 0 Å². The fraction of sp³-hybridized carbons (Fsp3) is 0.846. The molecule has 1 fully saturated rings. The molecule has 3 nitrogen and oxygen atoms in total. The molecule has 0 spiro atoms. The third kappa shape index (κ3) is 3.95. The van der Waals surface area contributed by atoms with Crippen LogP contribution in [-0.4, -0.2) is 16.9 Å². The summed E-state index contributed by atoms with van der Waals surface area (Å²) in [7, 11) is 0. The number of carbonyl (C=O) groups excluding carboxylic acids is 1. The van der Waals surface area contributed by atoms with Gasteiger partial charge in [-0.1, -0.05) is 39.4 Å². The lowest BCUT2D eigenvalue weighted by molar-refractivity contribution is -0.128. The Labute approximate surface area is 110 Å². The predicted molar refractivity (Wildman–Crippen MR) is 74.7 cm³/mol. The van der Waals surface area contributed by atoms with Crippen molar-refractivity contribution in [2.45, 2.75) is 58.9 Å². The van der Waals surface area contributed by atoms with Crippen LogP contribution in [0.3, 0.4) is 0 Å². The van der Waals surface area contributed by atoms with Crippen LogP contribution < -0.4 is 11.1 Å². The van der Waals surface area contributed by atoms with Crippen LogP contribution >= 0.6 is 12.2 Å². The first-order chi connectivity index (χ1) is 7.86. The van der Waals surface area contributed by atoms with Crippen LogP contribution in [0, 0.1) is 11.3 Å². The summed E-state index contributed by atoms with van der Waals surface area (Å²) in [6, 6.07) is 0.0939. The van der Waals surface area contributed by atoms with E-state index in [1.165, 1.54) is 0 Å². The average molecular weight is 256 g/mol. The molecule has 0 aromatic rings. The fourth-order valence-electron chi connectivity index (χ4n) is 2.65. The summed E-state index contributed by atoms with van der Waals surface area (Å²) >= 11 is 4.90.